The number of anilines is 2. The van der Waals surface area contributed by atoms with E-state index in [0.29, 0.717) is 17.1 Å². The summed E-state index contributed by atoms with van der Waals surface area (Å²) < 4.78 is 5.10. The maximum absolute atomic E-state index is 11.1. The molecule has 0 aliphatic carbocycles. The zero-order valence-electron chi connectivity index (χ0n) is 9.54. The molecule has 0 saturated carbocycles. The van der Waals surface area contributed by atoms with E-state index in [-0.39, 0.29) is 17.7 Å². The third-order valence-electron chi connectivity index (χ3n) is 1.92. The first-order valence-corrected chi connectivity index (χ1v) is 5.41. The van der Waals surface area contributed by atoms with Crippen molar-refractivity contribution in [2.75, 3.05) is 23.6 Å². The lowest BCUT2D eigenvalue weighted by molar-refractivity contribution is -0.114. The SMILES string of the molecule is COc1cc(NC(C)=O)ccc1NC(=O)CCl. The van der Waals surface area contributed by atoms with Gasteiger partial charge in [-0.1, -0.05) is 0 Å². The van der Waals surface area contributed by atoms with Crippen LogP contribution in [0.3, 0.4) is 0 Å². The van der Waals surface area contributed by atoms with E-state index in [9.17, 15) is 9.59 Å². The Kier molecular flexibility index (Phi) is 4.78. The number of rotatable bonds is 4. The Morgan fingerprint density at radius 1 is 1.35 bits per heavy atom. The van der Waals surface area contributed by atoms with Gasteiger partial charge in [-0.05, 0) is 12.1 Å². The number of carbonyl (C=O) groups excluding carboxylic acids is 2. The van der Waals surface area contributed by atoms with Gasteiger partial charge in [-0.3, -0.25) is 9.59 Å². The Labute approximate surface area is 104 Å². The number of benzene rings is 1. The smallest absolute Gasteiger partial charge is 0.239 e. The quantitative estimate of drug-likeness (QED) is 0.808. The van der Waals surface area contributed by atoms with Crippen LogP contribution in [0.2, 0.25) is 0 Å². The van der Waals surface area contributed by atoms with E-state index in [4.69, 9.17) is 16.3 Å². The van der Waals surface area contributed by atoms with E-state index < -0.39 is 0 Å². The summed E-state index contributed by atoms with van der Waals surface area (Å²) >= 11 is 5.39. The van der Waals surface area contributed by atoms with Crippen LogP contribution in [-0.4, -0.2) is 24.8 Å². The zero-order valence-corrected chi connectivity index (χ0v) is 10.3. The van der Waals surface area contributed by atoms with Crippen molar-refractivity contribution in [1.29, 1.82) is 0 Å². The van der Waals surface area contributed by atoms with E-state index >= 15 is 0 Å². The van der Waals surface area contributed by atoms with Crippen molar-refractivity contribution in [2.24, 2.45) is 0 Å². The van der Waals surface area contributed by atoms with Crippen molar-refractivity contribution >= 4 is 34.8 Å². The number of hydrogen-bond donors (Lipinski definition) is 2. The van der Waals surface area contributed by atoms with Crippen LogP contribution >= 0.6 is 11.6 Å². The summed E-state index contributed by atoms with van der Waals surface area (Å²) in [5, 5.41) is 5.20. The molecule has 6 heteroatoms. The van der Waals surface area contributed by atoms with Gasteiger partial charge in [0.1, 0.15) is 11.6 Å². The van der Waals surface area contributed by atoms with Crippen molar-refractivity contribution in [1.82, 2.24) is 0 Å². The van der Waals surface area contributed by atoms with Gasteiger partial charge >= 0.3 is 0 Å². The monoisotopic (exact) mass is 256 g/mol. The van der Waals surface area contributed by atoms with Crippen LogP contribution < -0.4 is 15.4 Å². The minimum Gasteiger partial charge on any atom is -0.494 e. The fourth-order valence-electron chi connectivity index (χ4n) is 1.26. The van der Waals surface area contributed by atoms with Gasteiger partial charge in [0.25, 0.3) is 0 Å². The van der Waals surface area contributed by atoms with Gasteiger partial charge in [0.15, 0.2) is 0 Å². The second-order valence-electron chi connectivity index (χ2n) is 3.28. The van der Waals surface area contributed by atoms with E-state index in [1.807, 2.05) is 0 Å². The number of amides is 2. The third kappa shape index (κ3) is 3.96. The maximum atomic E-state index is 11.1. The minimum absolute atomic E-state index is 0.128. The average Bonchev–Trinajstić information content (AvgIpc) is 2.30. The van der Waals surface area contributed by atoms with Gasteiger partial charge in [-0.25, -0.2) is 0 Å². The topological polar surface area (TPSA) is 67.4 Å². The molecule has 1 rings (SSSR count). The highest BCUT2D eigenvalue weighted by Crippen LogP contribution is 2.27. The molecule has 0 aromatic heterocycles. The van der Waals surface area contributed by atoms with Gasteiger partial charge in [-0.15, -0.1) is 11.6 Å². The van der Waals surface area contributed by atoms with Crippen LogP contribution in [0.25, 0.3) is 0 Å². The first-order valence-electron chi connectivity index (χ1n) is 4.88. The molecule has 1 aromatic carbocycles. The van der Waals surface area contributed by atoms with Crippen LogP contribution in [0.15, 0.2) is 18.2 Å². The van der Waals surface area contributed by atoms with Crippen molar-refractivity contribution < 1.29 is 14.3 Å². The molecule has 0 radical (unpaired) electrons. The van der Waals surface area contributed by atoms with Crippen molar-refractivity contribution in [2.45, 2.75) is 6.92 Å². The van der Waals surface area contributed by atoms with Gasteiger partial charge in [-0.2, -0.15) is 0 Å². The fraction of sp³-hybridized carbons (Fsp3) is 0.273. The summed E-state index contributed by atoms with van der Waals surface area (Å²) in [6.07, 6.45) is 0. The molecule has 17 heavy (non-hydrogen) atoms. The number of methoxy groups -OCH3 is 1. The molecule has 1 aromatic rings. The van der Waals surface area contributed by atoms with E-state index in [1.165, 1.54) is 14.0 Å². The van der Waals surface area contributed by atoms with E-state index in [1.54, 1.807) is 18.2 Å². The van der Waals surface area contributed by atoms with Gasteiger partial charge in [0, 0.05) is 18.7 Å². The second-order valence-corrected chi connectivity index (χ2v) is 3.55. The molecule has 0 bridgehead atoms. The number of halogens is 1. The minimum atomic E-state index is -0.322. The average molecular weight is 257 g/mol. The molecule has 0 fully saturated rings. The van der Waals surface area contributed by atoms with E-state index in [2.05, 4.69) is 10.6 Å². The molecule has 0 atom stereocenters. The normalized spacial score (nSPS) is 9.59. The summed E-state index contributed by atoms with van der Waals surface area (Å²) in [7, 11) is 1.48. The van der Waals surface area contributed by atoms with Gasteiger partial charge in [0.05, 0.1) is 12.8 Å². The van der Waals surface area contributed by atoms with Crippen LogP contribution in [0.1, 0.15) is 6.92 Å². The van der Waals surface area contributed by atoms with Crippen LogP contribution in [0.4, 0.5) is 11.4 Å². The lowest BCUT2D eigenvalue weighted by atomic mass is 10.2. The highest BCUT2D eigenvalue weighted by Gasteiger charge is 2.08. The molecule has 0 spiro atoms. The molecule has 0 aliphatic rings. The van der Waals surface area contributed by atoms with Crippen LogP contribution in [-0.2, 0) is 9.59 Å². The number of hydrogen-bond acceptors (Lipinski definition) is 3. The summed E-state index contributed by atoms with van der Waals surface area (Å²) in [4.78, 5) is 22.0. The standard InChI is InChI=1S/C11H13ClN2O3/c1-7(15)13-8-3-4-9(10(5-8)17-2)14-11(16)6-12/h3-5H,6H2,1-2H3,(H,13,15)(H,14,16). The Balaban J connectivity index is 2.92. The molecule has 5 nitrogen and oxygen atoms in total. The largest absolute Gasteiger partial charge is 0.494 e. The highest BCUT2D eigenvalue weighted by molar-refractivity contribution is 6.29. The van der Waals surface area contributed by atoms with Crippen molar-refractivity contribution in [3.05, 3.63) is 18.2 Å². The number of nitrogens with one attached hydrogen (secondary N) is 2. The number of ether oxygens (including phenoxy) is 1. The zero-order chi connectivity index (χ0) is 12.8. The molecular formula is C11H13ClN2O3. The molecule has 0 saturated heterocycles. The first kappa shape index (κ1) is 13.3. The Bertz CT molecular complexity index is 435. The molecular weight excluding hydrogens is 244 g/mol. The highest BCUT2D eigenvalue weighted by atomic mass is 35.5. The van der Waals surface area contributed by atoms with E-state index in [0.717, 1.165) is 0 Å². The molecule has 0 heterocycles. The predicted molar refractivity (Wildman–Crippen MR) is 66.6 cm³/mol. The lowest BCUT2D eigenvalue weighted by Gasteiger charge is -2.11. The third-order valence-corrected chi connectivity index (χ3v) is 2.16. The summed E-state index contributed by atoms with van der Waals surface area (Å²) in [5.41, 5.74) is 1.10. The summed E-state index contributed by atoms with van der Waals surface area (Å²) in [6.45, 7) is 1.41. The maximum Gasteiger partial charge on any atom is 0.239 e. The molecule has 0 aliphatic heterocycles. The summed E-state index contributed by atoms with van der Waals surface area (Å²) in [6, 6.07) is 4.91. The lowest BCUT2D eigenvalue weighted by Crippen LogP contribution is -2.13. The van der Waals surface area contributed by atoms with Crippen LogP contribution in [0, 0.1) is 0 Å². The second kappa shape index (κ2) is 6.10. The Morgan fingerprint density at radius 2 is 2.06 bits per heavy atom. The summed E-state index contributed by atoms with van der Waals surface area (Å²) in [5.74, 6) is -0.173. The van der Waals surface area contributed by atoms with Crippen molar-refractivity contribution in [3.8, 4) is 5.75 Å². The van der Waals surface area contributed by atoms with Gasteiger partial charge < -0.3 is 15.4 Å². The molecule has 2 amide bonds. The fourth-order valence-corrected chi connectivity index (χ4v) is 1.33. The van der Waals surface area contributed by atoms with Crippen molar-refractivity contribution in [3.63, 3.8) is 0 Å². The Morgan fingerprint density at radius 3 is 2.59 bits per heavy atom. The number of carbonyl (C=O) groups is 2. The number of alkyl halides is 1. The van der Waals surface area contributed by atoms with Gasteiger partial charge in [0.2, 0.25) is 11.8 Å². The van der Waals surface area contributed by atoms with Crippen LogP contribution in [0.5, 0.6) is 5.75 Å². The molecule has 0 unspecified atom stereocenters. The first-order chi connectivity index (χ1) is 8.06. The Hall–Kier alpha value is -1.75. The molecule has 2 N–H and O–H groups in total. The molecule has 92 valence electrons. The predicted octanol–water partition coefficient (Wildman–Crippen LogP) is 1.83.